The Balaban J connectivity index is 2.83. The molecule has 0 fully saturated rings. The zero-order valence-electron chi connectivity index (χ0n) is 10.1. The van der Waals surface area contributed by atoms with Crippen molar-refractivity contribution in [3.63, 3.8) is 0 Å². The van der Waals surface area contributed by atoms with Gasteiger partial charge in [-0.05, 0) is 25.5 Å². The van der Waals surface area contributed by atoms with Crippen LogP contribution in [0, 0.1) is 17.7 Å². The van der Waals surface area contributed by atoms with Gasteiger partial charge in [0.25, 0.3) is 0 Å². The molecule has 0 aliphatic carbocycles. The lowest BCUT2D eigenvalue weighted by Gasteiger charge is -2.12. The van der Waals surface area contributed by atoms with E-state index in [0.29, 0.717) is 23.6 Å². The van der Waals surface area contributed by atoms with Crippen molar-refractivity contribution in [1.29, 1.82) is 0 Å². The minimum Gasteiger partial charge on any atom is -0.491 e. The van der Waals surface area contributed by atoms with Gasteiger partial charge in [0.15, 0.2) is 0 Å². The third kappa shape index (κ3) is 5.10. The van der Waals surface area contributed by atoms with E-state index in [2.05, 4.69) is 11.8 Å². The predicted octanol–water partition coefficient (Wildman–Crippen LogP) is 3.98. The van der Waals surface area contributed by atoms with Gasteiger partial charge in [-0.25, -0.2) is 4.39 Å². The molecule has 0 spiro atoms. The van der Waals surface area contributed by atoms with E-state index >= 15 is 0 Å². The molecular weight excluding hydrogens is 239 g/mol. The van der Waals surface area contributed by atoms with E-state index in [1.54, 1.807) is 6.07 Å². The Morgan fingerprint density at radius 3 is 2.82 bits per heavy atom. The SMILES string of the molecule is CCC(C)Oc1cc(F)cc(C#CCCCl)c1. The van der Waals surface area contributed by atoms with Crippen molar-refractivity contribution >= 4 is 11.6 Å². The number of alkyl halides is 1. The Labute approximate surface area is 107 Å². The van der Waals surface area contributed by atoms with Crippen LogP contribution in [0.15, 0.2) is 18.2 Å². The van der Waals surface area contributed by atoms with Crippen LogP contribution in [0.2, 0.25) is 0 Å². The highest BCUT2D eigenvalue weighted by Gasteiger charge is 2.04. The van der Waals surface area contributed by atoms with Crippen molar-refractivity contribution in [2.24, 2.45) is 0 Å². The van der Waals surface area contributed by atoms with Crippen LogP contribution >= 0.6 is 11.6 Å². The van der Waals surface area contributed by atoms with Crippen LogP contribution in [0.1, 0.15) is 32.3 Å². The molecule has 0 amide bonds. The van der Waals surface area contributed by atoms with E-state index in [1.165, 1.54) is 12.1 Å². The number of ether oxygens (including phenoxy) is 1. The molecule has 0 N–H and O–H groups in total. The number of hydrogen-bond acceptors (Lipinski definition) is 1. The molecule has 0 bridgehead atoms. The maximum atomic E-state index is 13.3. The first-order chi connectivity index (χ1) is 8.15. The zero-order chi connectivity index (χ0) is 12.7. The molecule has 1 rings (SSSR count). The molecule has 1 aromatic rings. The maximum Gasteiger partial charge on any atom is 0.128 e. The van der Waals surface area contributed by atoms with E-state index in [4.69, 9.17) is 16.3 Å². The first-order valence-corrected chi connectivity index (χ1v) is 6.21. The molecule has 1 aromatic carbocycles. The van der Waals surface area contributed by atoms with Crippen LogP contribution < -0.4 is 4.74 Å². The molecule has 0 heterocycles. The van der Waals surface area contributed by atoms with Gasteiger partial charge in [-0.3, -0.25) is 0 Å². The van der Waals surface area contributed by atoms with E-state index < -0.39 is 0 Å². The van der Waals surface area contributed by atoms with Gasteiger partial charge in [-0.15, -0.1) is 11.6 Å². The highest BCUT2D eigenvalue weighted by Crippen LogP contribution is 2.18. The Morgan fingerprint density at radius 1 is 1.41 bits per heavy atom. The molecule has 0 aliphatic heterocycles. The van der Waals surface area contributed by atoms with Crippen LogP contribution in [-0.2, 0) is 0 Å². The third-order valence-corrected chi connectivity index (χ3v) is 2.42. The number of halogens is 2. The molecule has 1 unspecified atom stereocenters. The Morgan fingerprint density at radius 2 is 2.18 bits per heavy atom. The lowest BCUT2D eigenvalue weighted by molar-refractivity contribution is 0.216. The lowest BCUT2D eigenvalue weighted by Crippen LogP contribution is -2.09. The van der Waals surface area contributed by atoms with Crippen LogP contribution in [-0.4, -0.2) is 12.0 Å². The fourth-order valence-electron chi connectivity index (χ4n) is 1.23. The second-order valence-electron chi connectivity index (χ2n) is 3.75. The van der Waals surface area contributed by atoms with Crippen molar-refractivity contribution in [3.8, 4) is 17.6 Å². The van der Waals surface area contributed by atoms with Crippen molar-refractivity contribution < 1.29 is 9.13 Å². The summed E-state index contributed by atoms with van der Waals surface area (Å²) in [4.78, 5) is 0. The minimum absolute atomic E-state index is 0.0699. The highest BCUT2D eigenvalue weighted by molar-refractivity contribution is 6.18. The zero-order valence-corrected chi connectivity index (χ0v) is 10.9. The summed E-state index contributed by atoms with van der Waals surface area (Å²) < 4.78 is 18.9. The summed E-state index contributed by atoms with van der Waals surface area (Å²) in [6, 6.07) is 4.51. The largest absolute Gasteiger partial charge is 0.491 e. The topological polar surface area (TPSA) is 9.23 Å². The predicted molar refractivity (Wildman–Crippen MR) is 69.0 cm³/mol. The number of rotatable bonds is 4. The van der Waals surface area contributed by atoms with Crippen molar-refractivity contribution in [2.45, 2.75) is 32.8 Å². The van der Waals surface area contributed by atoms with Gasteiger partial charge >= 0.3 is 0 Å². The fraction of sp³-hybridized carbons (Fsp3) is 0.429. The minimum atomic E-state index is -0.332. The first kappa shape index (κ1) is 13.9. The molecule has 0 aromatic heterocycles. The van der Waals surface area contributed by atoms with E-state index in [0.717, 1.165) is 6.42 Å². The Kier molecular flexibility index (Phi) is 5.86. The average Bonchev–Trinajstić information content (AvgIpc) is 2.28. The molecule has 92 valence electrons. The summed E-state index contributed by atoms with van der Waals surface area (Å²) in [5.41, 5.74) is 0.619. The summed E-state index contributed by atoms with van der Waals surface area (Å²) in [6.07, 6.45) is 1.55. The quantitative estimate of drug-likeness (QED) is 0.583. The lowest BCUT2D eigenvalue weighted by atomic mass is 10.2. The summed E-state index contributed by atoms with van der Waals surface area (Å²) in [6.45, 7) is 3.97. The smallest absolute Gasteiger partial charge is 0.128 e. The number of hydrogen-bond donors (Lipinski definition) is 0. The van der Waals surface area contributed by atoms with Crippen LogP contribution in [0.5, 0.6) is 5.75 Å². The van der Waals surface area contributed by atoms with E-state index in [-0.39, 0.29) is 11.9 Å². The summed E-state index contributed by atoms with van der Waals surface area (Å²) in [5, 5.41) is 0. The first-order valence-electron chi connectivity index (χ1n) is 5.67. The summed E-state index contributed by atoms with van der Waals surface area (Å²) in [5.74, 6) is 6.41. The highest BCUT2D eigenvalue weighted by atomic mass is 35.5. The van der Waals surface area contributed by atoms with Crippen molar-refractivity contribution in [3.05, 3.63) is 29.6 Å². The van der Waals surface area contributed by atoms with Crippen LogP contribution in [0.25, 0.3) is 0 Å². The summed E-state index contributed by atoms with van der Waals surface area (Å²) >= 11 is 5.52. The fourth-order valence-corrected chi connectivity index (χ4v) is 1.32. The average molecular weight is 255 g/mol. The second-order valence-corrected chi connectivity index (χ2v) is 4.13. The third-order valence-electron chi connectivity index (χ3n) is 2.24. The molecule has 1 nitrogen and oxygen atoms in total. The molecule has 0 saturated carbocycles. The molecule has 3 heteroatoms. The molecule has 1 atom stereocenters. The van der Waals surface area contributed by atoms with Gasteiger partial charge in [0.1, 0.15) is 11.6 Å². The molecular formula is C14H16ClFO. The molecule has 0 saturated heterocycles. The standard InChI is InChI=1S/C14H16ClFO/c1-3-11(2)17-14-9-12(6-4-5-7-15)8-13(16)10-14/h8-11H,3,5,7H2,1-2H3. The normalized spacial score (nSPS) is 11.5. The van der Waals surface area contributed by atoms with E-state index in [1.807, 2.05) is 13.8 Å². The van der Waals surface area contributed by atoms with Crippen molar-refractivity contribution in [1.82, 2.24) is 0 Å². The summed E-state index contributed by atoms with van der Waals surface area (Å²) in [7, 11) is 0. The van der Waals surface area contributed by atoms with Crippen LogP contribution in [0.3, 0.4) is 0 Å². The van der Waals surface area contributed by atoms with Crippen molar-refractivity contribution in [2.75, 3.05) is 5.88 Å². The molecule has 0 radical (unpaired) electrons. The van der Waals surface area contributed by atoms with Gasteiger partial charge < -0.3 is 4.74 Å². The molecule has 0 aliphatic rings. The van der Waals surface area contributed by atoms with Gasteiger partial charge in [0.2, 0.25) is 0 Å². The second kappa shape index (κ2) is 7.19. The monoisotopic (exact) mass is 254 g/mol. The van der Waals surface area contributed by atoms with Gasteiger partial charge in [-0.1, -0.05) is 18.8 Å². The molecule has 17 heavy (non-hydrogen) atoms. The van der Waals surface area contributed by atoms with Gasteiger partial charge in [0, 0.05) is 23.9 Å². The Hall–Kier alpha value is -1.20. The number of benzene rings is 1. The maximum absolute atomic E-state index is 13.3. The van der Waals surface area contributed by atoms with Gasteiger partial charge in [0.05, 0.1) is 6.10 Å². The van der Waals surface area contributed by atoms with Gasteiger partial charge in [-0.2, -0.15) is 0 Å². The van der Waals surface area contributed by atoms with Crippen LogP contribution in [0.4, 0.5) is 4.39 Å². The van der Waals surface area contributed by atoms with E-state index in [9.17, 15) is 4.39 Å². The Bertz CT molecular complexity index is 420.